The van der Waals surface area contributed by atoms with Crippen molar-refractivity contribution in [3.63, 3.8) is 0 Å². The first kappa shape index (κ1) is 13.1. The van der Waals surface area contributed by atoms with Gasteiger partial charge in [-0.3, -0.25) is 15.0 Å². The number of nitrogens with one attached hydrogen (secondary N) is 2. The third-order valence-corrected chi connectivity index (χ3v) is 2.97. The van der Waals surface area contributed by atoms with Gasteiger partial charge in [0.2, 0.25) is 5.75 Å². The fourth-order valence-corrected chi connectivity index (χ4v) is 1.93. The Hall–Kier alpha value is -2.37. The first-order valence-corrected chi connectivity index (χ1v) is 5.70. The number of ether oxygens (including phenoxy) is 3. The van der Waals surface area contributed by atoms with Crippen LogP contribution in [-0.2, 0) is 0 Å². The Morgan fingerprint density at radius 2 is 1.53 bits per heavy atom. The SMILES string of the molecule is COc1cc(-c2[nH][nH]c(=O)c2C)cc(OC)c1OC. The molecule has 0 saturated heterocycles. The maximum atomic E-state index is 11.5. The minimum absolute atomic E-state index is 0.149. The Balaban J connectivity index is 2.65. The lowest BCUT2D eigenvalue weighted by Crippen LogP contribution is -2.01. The van der Waals surface area contributed by atoms with Crippen molar-refractivity contribution in [2.75, 3.05) is 21.3 Å². The molecule has 19 heavy (non-hydrogen) atoms. The molecule has 2 aromatic rings. The van der Waals surface area contributed by atoms with Crippen LogP contribution >= 0.6 is 0 Å². The van der Waals surface area contributed by atoms with Crippen molar-refractivity contribution in [3.8, 4) is 28.5 Å². The largest absolute Gasteiger partial charge is 0.493 e. The van der Waals surface area contributed by atoms with Crippen molar-refractivity contribution in [1.29, 1.82) is 0 Å². The van der Waals surface area contributed by atoms with Crippen LogP contribution in [0.15, 0.2) is 16.9 Å². The first-order chi connectivity index (χ1) is 9.12. The van der Waals surface area contributed by atoms with E-state index in [1.807, 2.05) is 0 Å². The fraction of sp³-hybridized carbons (Fsp3) is 0.308. The zero-order chi connectivity index (χ0) is 14.0. The van der Waals surface area contributed by atoms with Gasteiger partial charge in [0.05, 0.1) is 27.0 Å². The van der Waals surface area contributed by atoms with Gasteiger partial charge < -0.3 is 14.2 Å². The van der Waals surface area contributed by atoms with Gasteiger partial charge >= 0.3 is 0 Å². The second-order valence-corrected chi connectivity index (χ2v) is 3.99. The van der Waals surface area contributed by atoms with Crippen molar-refractivity contribution < 1.29 is 14.2 Å². The van der Waals surface area contributed by atoms with E-state index in [1.165, 1.54) is 0 Å². The number of methoxy groups -OCH3 is 3. The molecule has 0 spiro atoms. The van der Waals surface area contributed by atoms with Crippen molar-refractivity contribution in [1.82, 2.24) is 10.2 Å². The third-order valence-electron chi connectivity index (χ3n) is 2.97. The molecule has 102 valence electrons. The van der Waals surface area contributed by atoms with Crippen LogP contribution in [0.5, 0.6) is 17.2 Å². The predicted molar refractivity (Wildman–Crippen MR) is 71.2 cm³/mol. The highest BCUT2D eigenvalue weighted by Gasteiger charge is 2.16. The lowest BCUT2D eigenvalue weighted by atomic mass is 10.1. The number of H-pyrrole nitrogens is 2. The minimum Gasteiger partial charge on any atom is -0.493 e. The van der Waals surface area contributed by atoms with Gasteiger partial charge in [-0.05, 0) is 19.1 Å². The molecule has 0 aliphatic heterocycles. The van der Waals surface area contributed by atoms with Crippen molar-refractivity contribution >= 4 is 0 Å². The van der Waals surface area contributed by atoms with Crippen LogP contribution in [0.25, 0.3) is 11.3 Å². The Labute approximate surface area is 110 Å². The molecule has 6 nitrogen and oxygen atoms in total. The zero-order valence-electron chi connectivity index (χ0n) is 11.3. The van der Waals surface area contributed by atoms with E-state index in [0.717, 1.165) is 5.56 Å². The second kappa shape index (κ2) is 5.09. The molecule has 0 amide bonds. The van der Waals surface area contributed by atoms with Gasteiger partial charge in [0.25, 0.3) is 5.56 Å². The summed E-state index contributed by atoms with van der Waals surface area (Å²) in [6.45, 7) is 1.74. The Morgan fingerprint density at radius 3 is 1.89 bits per heavy atom. The quantitative estimate of drug-likeness (QED) is 0.881. The normalized spacial score (nSPS) is 10.3. The summed E-state index contributed by atoms with van der Waals surface area (Å²) in [5, 5.41) is 5.39. The average molecular weight is 264 g/mol. The maximum absolute atomic E-state index is 11.5. The second-order valence-electron chi connectivity index (χ2n) is 3.99. The zero-order valence-corrected chi connectivity index (χ0v) is 11.3. The lowest BCUT2D eigenvalue weighted by molar-refractivity contribution is 0.324. The van der Waals surface area contributed by atoms with Crippen molar-refractivity contribution in [2.24, 2.45) is 0 Å². The number of rotatable bonds is 4. The van der Waals surface area contributed by atoms with E-state index in [1.54, 1.807) is 40.4 Å². The molecule has 0 aliphatic carbocycles. The highest BCUT2D eigenvalue weighted by molar-refractivity contribution is 5.70. The molecule has 1 aromatic heterocycles. The molecule has 2 N–H and O–H groups in total. The molecule has 0 saturated carbocycles. The van der Waals surface area contributed by atoms with Crippen LogP contribution in [0.4, 0.5) is 0 Å². The van der Waals surface area contributed by atoms with Crippen LogP contribution in [0, 0.1) is 6.92 Å². The fourth-order valence-electron chi connectivity index (χ4n) is 1.93. The molecule has 1 heterocycles. The van der Waals surface area contributed by atoms with Crippen molar-refractivity contribution in [2.45, 2.75) is 6.92 Å². The molecule has 0 unspecified atom stereocenters. The average Bonchev–Trinajstić information content (AvgIpc) is 2.77. The summed E-state index contributed by atoms with van der Waals surface area (Å²) in [6.07, 6.45) is 0. The molecule has 0 aliphatic rings. The monoisotopic (exact) mass is 264 g/mol. The van der Waals surface area contributed by atoms with Crippen LogP contribution in [0.2, 0.25) is 0 Å². The van der Waals surface area contributed by atoms with E-state index in [9.17, 15) is 4.79 Å². The van der Waals surface area contributed by atoms with Gasteiger partial charge in [0.15, 0.2) is 11.5 Å². The molecular weight excluding hydrogens is 248 g/mol. The molecule has 0 radical (unpaired) electrons. The topological polar surface area (TPSA) is 76.3 Å². The van der Waals surface area contributed by atoms with Gasteiger partial charge in [-0.15, -0.1) is 0 Å². The molecule has 6 heteroatoms. The van der Waals surface area contributed by atoms with Crippen LogP contribution < -0.4 is 19.8 Å². The van der Waals surface area contributed by atoms with E-state index >= 15 is 0 Å². The minimum atomic E-state index is -0.149. The summed E-state index contributed by atoms with van der Waals surface area (Å²) in [7, 11) is 4.64. The molecule has 0 fully saturated rings. The standard InChI is InChI=1S/C13H16N2O4/c1-7-11(14-15-13(7)16)8-5-9(17-2)12(19-4)10(6-8)18-3/h5-6H,1-4H3,(H2,14,15,16). The van der Waals surface area contributed by atoms with Gasteiger partial charge in [0, 0.05) is 11.1 Å². The van der Waals surface area contributed by atoms with E-state index in [4.69, 9.17) is 14.2 Å². The van der Waals surface area contributed by atoms with E-state index in [0.29, 0.717) is 28.5 Å². The highest BCUT2D eigenvalue weighted by atomic mass is 16.5. The van der Waals surface area contributed by atoms with Gasteiger partial charge in [-0.2, -0.15) is 0 Å². The van der Waals surface area contributed by atoms with Crippen LogP contribution in [0.3, 0.4) is 0 Å². The van der Waals surface area contributed by atoms with E-state index < -0.39 is 0 Å². The number of aromatic amines is 2. The summed E-state index contributed by atoms with van der Waals surface area (Å²) in [4.78, 5) is 11.5. The molecule has 2 rings (SSSR count). The van der Waals surface area contributed by atoms with Gasteiger partial charge in [-0.1, -0.05) is 0 Å². The molecule has 0 bridgehead atoms. The van der Waals surface area contributed by atoms with Crippen molar-refractivity contribution in [3.05, 3.63) is 28.0 Å². The number of hydrogen-bond acceptors (Lipinski definition) is 4. The highest BCUT2D eigenvalue weighted by Crippen LogP contribution is 2.40. The number of aromatic nitrogens is 2. The van der Waals surface area contributed by atoms with E-state index in [-0.39, 0.29) is 5.56 Å². The molecular formula is C13H16N2O4. The summed E-state index contributed by atoms with van der Waals surface area (Å²) in [5.74, 6) is 1.60. The number of benzene rings is 1. The van der Waals surface area contributed by atoms with Gasteiger partial charge in [0.1, 0.15) is 0 Å². The predicted octanol–water partition coefficient (Wildman–Crippen LogP) is 1.70. The summed E-state index contributed by atoms with van der Waals surface area (Å²) >= 11 is 0. The number of hydrogen-bond donors (Lipinski definition) is 2. The lowest BCUT2D eigenvalue weighted by Gasteiger charge is -2.13. The summed E-state index contributed by atoms with van der Waals surface area (Å²) < 4.78 is 15.8. The van der Waals surface area contributed by atoms with Gasteiger partial charge in [-0.25, -0.2) is 0 Å². The Kier molecular flexibility index (Phi) is 3.50. The summed E-state index contributed by atoms with van der Waals surface area (Å²) in [6, 6.07) is 3.57. The molecule has 0 atom stereocenters. The Bertz CT molecular complexity index is 617. The first-order valence-electron chi connectivity index (χ1n) is 5.70. The van der Waals surface area contributed by atoms with Crippen LogP contribution in [0.1, 0.15) is 5.56 Å². The van der Waals surface area contributed by atoms with E-state index in [2.05, 4.69) is 10.2 Å². The Morgan fingerprint density at radius 1 is 0.947 bits per heavy atom. The smallest absolute Gasteiger partial charge is 0.267 e. The third kappa shape index (κ3) is 2.16. The summed E-state index contributed by atoms with van der Waals surface area (Å²) in [5.41, 5.74) is 1.94. The maximum Gasteiger partial charge on any atom is 0.267 e. The molecule has 1 aromatic carbocycles. The van der Waals surface area contributed by atoms with Crippen LogP contribution in [-0.4, -0.2) is 31.5 Å².